The van der Waals surface area contributed by atoms with Crippen molar-refractivity contribution in [2.45, 2.75) is 37.1 Å². The topological polar surface area (TPSA) is 71.1 Å². The van der Waals surface area contributed by atoms with Gasteiger partial charge in [-0.05, 0) is 25.8 Å². The highest BCUT2D eigenvalue weighted by molar-refractivity contribution is 7.89. The van der Waals surface area contributed by atoms with Crippen molar-refractivity contribution >= 4 is 15.7 Å². The fourth-order valence-corrected chi connectivity index (χ4v) is 3.17. The van der Waals surface area contributed by atoms with Gasteiger partial charge in [0, 0.05) is 25.0 Å². The number of anilines is 1. The normalized spacial score (nSPS) is 16.5. The molecule has 1 aliphatic rings. The first-order chi connectivity index (χ1) is 8.13. The van der Waals surface area contributed by atoms with E-state index >= 15 is 0 Å². The quantitative estimate of drug-likeness (QED) is 0.833. The average Bonchev–Trinajstić information content (AvgIpc) is 2.25. The van der Waals surface area contributed by atoms with Gasteiger partial charge in [0.25, 0.3) is 0 Å². The zero-order valence-electron chi connectivity index (χ0n) is 9.81. The van der Waals surface area contributed by atoms with E-state index in [-0.39, 0.29) is 10.9 Å². The number of pyridine rings is 1. The van der Waals surface area contributed by atoms with E-state index in [4.69, 9.17) is 0 Å². The summed E-state index contributed by atoms with van der Waals surface area (Å²) in [6, 6.07) is 1.77. The van der Waals surface area contributed by atoms with Crippen molar-refractivity contribution in [3.8, 4) is 0 Å². The number of rotatable bonds is 5. The van der Waals surface area contributed by atoms with Gasteiger partial charge in [0.05, 0.1) is 5.69 Å². The lowest BCUT2D eigenvalue weighted by atomic mass is 9.94. The SMILES string of the molecule is CCNc1ccncc1S(=O)(=O)NC1CCC1. The Morgan fingerprint density at radius 2 is 2.24 bits per heavy atom. The molecule has 2 N–H and O–H groups in total. The van der Waals surface area contributed by atoms with Gasteiger partial charge in [0.1, 0.15) is 4.90 Å². The van der Waals surface area contributed by atoms with Crippen LogP contribution in [0, 0.1) is 0 Å². The van der Waals surface area contributed by atoms with Crippen LogP contribution in [0.15, 0.2) is 23.4 Å². The molecule has 0 bridgehead atoms. The van der Waals surface area contributed by atoms with E-state index in [0.29, 0.717) is 12.2 Å². The lowest BCUT2D eigenvalue weighted by Gasteiger charge is -2.26. The molecule has 2 rings (SSSR count). The van der Waals surface area contributed by atoms with E-state index in [9.17, 15) is 8.42 Å². The summed E-state index contributed by atoms with van der Waals surface area (Å²) in [4.78, 5) is 4.12. The molecule has 1 aliphatic carbocycles. The smallest absolute Gasteiger partial charge is 0.244 e. The maximum atomic E-state index is 12.1. The Kier molecular flexibility index (Phi) is 3.63. The van der Waals surface area contributed by atoms with Crippen LogP contribution in [-0.2, 0) is 10.0 Å². The Bertz CT molecular complexity index is 483. The molecule has 0 aromatic carbocycles. The number of nitrogens with one attached hydrogen (secondary N) is 2. The van der Waals surface area contributed by atoms with Gasteiger partial charge in [0.15, 0.2) is 0 Å². The summed E-state index contributed by atoms with van der Waals surface area (Å²) in [6.07, 6.45) is 5.92. The van der Waals surface area contributed by atoms with Crippen LogP contribution in [0.3, 0.4) is 0 Å². The van der Waals surface area contributed by atoms with Crippen LogP contribution < -0.4 is 10.0 Å². The van der Waals surface area contributed by atoms with Gasteiger partial charge in [-0.25, -0.2) is 13.1 Å². The highest BCUT2D eigenvalue weighted by Gasteiger charge is 2.26. The van der Waals surface area contributed by atoms with E-state index in [0.717, 1.165) is 19.3 Å². The predicted molar refractivity (Wildman–Crippen MR) is 66.4 cm³/mol. The molecular formula is C11H17N3O2S. The molecule has 1 saturated carbocycles. The minimum absolute atomic E-state index is 0.0923. The summed E-state index contributed by atoms with van der Waals surface area (Å²) in [6.45, 7) is 2.60. The fourth-order valence-electron chi connectivity index (χ4n) is 1.74. The summed E-state index contributed by atoms with van der Waals surface area (Å²) >= 11 is 0. The summed E-state index contributed by atoms with van der Waals surface area (Å²) in [5.41, 5.74) is 0.606. The molecule has 0 saturated heterocycles. The number of sulfonamides is 1. The number of hydrogen-bond acceptors (Lipinski definition) is 4. The Morgan fingerprint density at radius 3 is 2.82 bits per heavy atom. The van der Waals surface area contributed by atoms with E-state index in [1.54, 1.807) is 12.3 Å². The lowest BCUT2D eigenvalue weighted by Crippen LogP contribution is -2.39. The van der Waals surface area contributed by atoms with Crippen molar-refractivity contribution in [2.24, 2.45) is 0 Å². The summed E-state index contributed by atoms with van der Waals surface area (Å²) < 4.78 is 27.0. The van der Waals surface area contributed by atoms with Crippen LogP contribution >= 0.6 is 0 Å². The van der Waals surface area contributed by atoms with Crippen molar-refractivity contribution in [3.05, 3.63) is 18.5 Å². The van der Waals surface area contributed by atoms with Crippen LogP contribution in [0.25, 0.3) is 0 Å². The van der Waals surface area contributed by atoms with Gasteiger partial charge in [0.2, 0.25) is 10.0 Å². The Morgan fingerprint density at radius 1 is 1.47 bits per heavy atom. The number of nitrogens with zero attached hydrogens (tertiary/aromatic N) is 1. The second-order valence-electron chi connectivity index (χ2n) is 4.15. The molecule has 0 amide bonds. The molecule has 0 spiro atoms. The van der Waals surface area contributed by atoms with Gasteiger partial charge in [-0.3, -0.25) is 4.98 Å². The van der Waals surface area contributed by atoms with E-state index in [1.807, 2.05) is 6.92 Å². The second kappa shape index (κ2) is 5.01. The minimum atomic E-state index is -3.45. The second-order valence-corrected chi connectivity index (χ2v) is 5.83. The third-order valence-electron chi connectivity index (χ3n) is 2.87. The number of aromatic nitrogens is 1. The molecule has 6 heteroatoms. The Labute approximate surface area is 102 Å². The van der Waals surface area contributed by atoms with Crippen molar-refractivity contribution in [2.75, 3.05) is 11.9 Å². The van der Waals surface area contributed by atoms with Gasteiger partial charge in [-0.1, -0.05) is 6.42 Å². The predicted octanol–water partition coefficient (Wildman–Crippen LogP) is 1.34. The lowest BCUT2D eigenvalue weighted by molar-refractivity contribution is 0.383. The molecular weight excluding hydrogens is 238 g/mol. The third-order valence-corrected chi connectivity index (χ3v) is 4.42. The van der Waals surface area contributed by atoms with Crippen molar-refractivity contribution in [1.82, 2.24) is 9.71 Å². The fraction of sp³-hybridized carbons (Fsp3) is 0.545. The van der Waals surface area contributed by atoms with E-state index in [1.165, 1.54) is 6.20 Å². The van der Waals surface area contributed by atoms with Gasteiger partial charge < -0.3 is 5.32 Å². The van der Waals surface area contributed by atoms with E-state index < -0.39 is 10.0 Å². The number of hydrogen-bond donors (Lipinski definition) is 2. The van der Waals surface area contributed by atoms with Crippen LogP contribution in [0.4, 0.5) is 5.69 Å². The highest BCUT2D eigenvalue weighted by Crippen LogP contribution is 2.24. The first kappa shape index (κ1) is 12.3. The largest absolute Gasteiger partial charge is 0.384 e. The molecule has 1 heterocycles. The zero-order chi connectivity index (χ0) is 12.3. The van der Waals surface area contributed by atoms with Crippen LogP contribution in [0.2, 0.25) is 0 Å². The van der Waals surface area contributed by atoms with Crippen LogP contribution in [-0.4, -0.2) is 26.0 Å². The van der Waals surface area contributed by atoms with Gasteiger partial charge in [-0.2, -0.15) is 0 Å². The van der Waals surface area contributed by atoms with Crippen molar-refractivity contribution in [1.29, 1.82) is 0 Å². The third kappa shape index (κ3) is 2.76. The van der Waals surface area contributed by atoms with Gasteiger partial charge in [-0.15, -0.1) is 0 Å². The Balaban J connectivity index is 2.24. The molecule has 1 aromatic rings. The summed E-state index contributed by atoms with van der Waals surface area (Å²) in [7, 11) is -3.45. The average molecular weight is 255 g/mol. The maximum absolute atomic E-state index is 12.1. The molecule has 5 nitrogen and oxygen atoms in total. The van der Waals surface area contributed by atoms with Crippen molar-refractivity contribution in [3.63, 3.8) is 0 Å². The van der Waals surface area contributed by atoms with E-state index in [2.05, 4.69) is 15.0 Å². The molecule has 0 aliphatic heterocycles. The molecule has 1 fully saturated rings. The first-order valence-corrected chi connectivity index (χ1v) is 7.32. The maximum Gasteiger partial charge on any atom is 0.244 e. The van der Waals surface area contributed by atoms with Crippen molar-refractivity contribution < 1.29 is 8.42 Å². The molecule has 0 radical (unpaired) electrons. The summed E-state index contributed by atoms with van der Waals surface area (Å²) in [5, 5.41) is 3.03. The highest BCUT2D eigenvalue weighted by atomic mass is 32.2. The molecule has 0 atom stereocenters. The molecule has 1 aromatic heterocycles. The zero-order valence-corrected chi connectivity index (χ0v) is 10.6. The minimum Gasteiger partial charge on any atom is -0.384 e. The monoisotopic (exact) mass is 255 g/mol. The molecule has 0 unspecified atom stereocenters. The standard InChI is InChI=1S/C11H17N3O2S/c1-2-13-10-6-7-12-8-11(10)17(15,16)14-9-4-3-5-9/h6-9,14H,2-5H2,1H3,(H,12,13). The molecule has 94 valence electrons. The molecule has 17 heavy (non-hydrogen) atoms. The first-order valence-electron chi connectivity index (χ1n) is 5.83. The van der Waals surface area contributed by atoms with Crippen LogP contribution in [0.1, 0.15) is 26.2 Å². The van der Waals surface area contributed by atoms with Gasteiger partial charge >= 0.3 is 0 Å². The van der Waals surface area contributed by atoms with Crippen LogP contribution in [0.5, 0.6) is 0 Å². The Hall–Kier alpha value is -1.14. The summed E-state index contributed by atoms with van der Waals surface area (Å²) in [5.74, 6) is 0.